The Labute approximate surface area is 77.6 Å². The van der Waals surface area contributed by atoms with Crippen molar-refractivity contribution in [3.8, 4) is 0 Å². The van der Waals surface area contributed by atoms with Crippen LogP contribution in [-0.2, 0) is 5.60 Å². The molecule has 2 nitrogen and oxygen atoms in total. The van der Waals surface area contributed by atoms with Gasteiger partial charge in [-0.05, 0) is 42.4 Å². The van der Waals surface area contributed by atoms with Gasteiger partial charge in [0, 0.05) is 12.4 Å². The molecule has 0 saturated heterocycles. The van der Waals surface area contributed by atoms with Gasteiger partial charge in [0.1, 0.15) is 0 Å². The molecule has 2 heteroatoms. The second-order valence-corrected chi connectivity index (χ2v) is 4.21. The molecule has 0 aliphatic heterocycles. The third-order valence-electron chi connectivity index (χ3n) is 3.68. The third kappa shape index (κ3) is 0.841. The van der Waals surface area contributed by atoms with E-state index in [1.54, 1.807) is 12.4 Å². The molecule has 2 saturated carbocycles. The molecule has 1 aromatic heterocycles. The van der Waals surface area contributed by atoms with Gasteiger partial charge in [-0.2, -0.15) is 0 Å². The van der Waals surface area contributed by atoms with Gasteiger partial charge in [0.15, 0.2) is 0 Å². The minimum atomic E-state index is -0.485. The maximum absolute atomic E-state index is 10.4. The topological polar surface area (TPSA) is 33.1 Å². The molecule has 0 bridgehead atoms. The minimum Gasteiger partial charge on any atom is -0.385 e. The van der Waals surface area contributed by atoms with Gasteiger partial charge in [-0.25, -0.2) is 0 Å². The Kier molecular flexibility index (Phi) is 1.34. The highest BCUT2D eigenvalue weighted by Gasteiger charge is 2.66. The zero-order valence-electron chi connectivity index (χ0n) is 7.48. The predicted octanol–water partition coefficient (Wildman–Crippen LogP) is 1.70. The number of hydrogen-bond acceptors (Lipinski definition) is 2. The summed E-state index contributed by atoms with van der Waals surface area (Å²) in [5.74, 6) is 1.07. The minimum absolute atomic E-state index is 0.485. The van der Waals surface area contributed by atoms with Crippen LogP contribution in [0.25, 0.3) is 0 Å². The Morgan fingerprint density at radius 3 is 2.46 bits per heavy atom. The first-order valence-corrected chi connectivity index (χ1v) is 4.96. The van der Waals surface area contributed by atoms with Crippen LogP contribution in [0.5, 0.6) is 0 Å². The lowest BCUT2D eigenvalue weighted by molar-refractivity contribution is 0.105. The fourth-order valence-corrected chi connectivity index (χ4v) is 2.97. The average molecular weight is 175 g/mol. The van der Waals surface area contributed by atoms with E-state index < -0.39 is 5.60 Å². The van der Waals surface area contributed by atoms with Gasteiger partial charge >= 0.3 is 0 Å². The summed E-state index contributed by atoms with van der Waals surface area (Å²) in [6.07, 6.45) is 7.22. The summed E-state index contributed by atoms with van der Waals surface area (Å²) in [4.78, 5) is 3.97. The highest BCUT2D eigenvalue weighted by molar-refractivity contribution is 5.32. The average Bonchev–Trinajstić information content (AvgIpc) is 2.62. The van der Waals surface area contributed by atoms with E-state index in [1.807, 2.05) is 12.1 Å². The highest BCUT2D eigenvalue weighted by Crippen LogP contribution is 2.65. The van der Waals surface area contributed by atoms with Crippen LogP contribution < -0.4 is 0 Å². The number of hydrogen-bond donors (Lipinski definition) is 1. The zero-order valence-corrected chi connectivity index (χ0v) is 7.48. The summed E-state index contributed by atoms with van der Waals surface area (Å²) in [6.45, 7) is 0. The second kappa shape index (κ2) is 2.32. The van der Waals surface area contributed by atoms with Crippen molar-refractivity contribution >= 4 is 0 Å². The number of aliphatic hydroxyl groups is 1. The third-order valence-corrected chi connectivity index (χ3v) is 3.68. The first kappa shape index (κ1) is 7.51. The molecule has 68 valence electrons. The highest BCUT2D eigenvalue weighted by atomic mass is 16.3. The number of nitrogens with zero attached hydrogens (tertiary/aromatic N) is 1. The van der Waals surface area contributed by atoms with Crippen molar-refractivity contribution < 1.29 is 5.11 Å². The molecule has 1 N–H and O–H groups in total. The lowest BCUT2D eigenvalue weighted by Crippen LogP contribution is -2.12. The van der Waals surface area contributed by atoms with Gasteiger partial charge in [0.05, 0.1) is 5.60 Å². The van der Waals surface area contributed by atoms with E-state index in [2.05, 4.69) is 4.98 Å². The quantitative estimate of drug-likeness (QED) is 0.704. The van der Waals surface area contributed by atoms with E-state index in [0.717, 1.165) is 5.56 Å². The lowest BCUT2D eigenvalue weighted by atomic mass is 10.0. The molecule has 0 aromatic carbocycles. The standard InChI is InChI=1S/C11H13NO/c13-11(8-4-6-12-7-5-8)9-2-1-3-10(9)11/h4-7,9-10,13H,1-3H2. The molecular formula is C11H13NO. The number of pyridine rings is 1. The Balaban J connectivity index is 1.95. The van der Waals surface area contributed by atoms with E-state index in [0.29, 0.717) is 11.8 Å². The van der Waals surface area contributed by atoms with E-state index in [1.165, 1.54) is 19.3 Å². The van der Waals surface area contributed by atoms with Gasteiger partial charge < -0.3 is 5.11 Å². The summed E-state index contributed by atoms with van der Waals surface area (Å²) in [6, 6.07) is 3.89. The number of rotatable bonds is 1. The van der Waals surface area contributed by atoms with Crippen molar-refractivity contribution in [1.82, 2.24) is 4.98 Å². The van der Waals surface area contributed by atoms with Gasteiger partial charge in [-0.15, -0.1) is 0 Å². The molecule has 2 atom stereocenters. The first-order chi connectivity index (χ1) is 6.33. The summed E-state index contributed by atoms with van der Waals surface area (Å²) < 4.78 is 0. The van der Waals surface area contributed by atoms with Crippen LogP contribution in [0.2, 0.25) is 0 Å². The van der Waals surface area contributed by atoms with Crippen molar-refractivity contribution in [2.24, 2.45) is 11.8 Å². The van der Waals surface area contributed by atoms with Crippen molar-refractivity contribution in [2.75, 3.05) is 0 Å². The Morgan fingerprint density at radius 2 is 1.85 bits per heavy atom. The summed E-state index contributed by atoms with van der Waals surface area (Å²) in [5, 5.41) is 10.4. The Bertz CT molecular complexity index is 312. The lowest BCUT2D eigenvalue weighted by Gasteiger charge is -2.13. The predicted molar refractivity (Wildman–Crippen MR) is 49.0 cm³/mol. The van der Waals surface area contributed by atoms with Crippen molar-refractivity contribution in [3.63, 3.8) is 0 Å². The van der Waals surface area contributed by atoms with Crippen molar-refractivity contribution in [3.05, 3.63) is 30.1 Å². The maximum atomic E-state index is 10.4. The molecule has 2 fully saturated rings. The molecule has 2 aliphatic rings. The fraction of sp³-hybridized carbons (Fsp3) is 0.545. The van der Waals surface area contributed by atoms with E-state index >= 15 is 0 Å². The van der Waals surface area contributed by atoms with Crippen LogP contribution >= 0.6 is 0 Å². The SMILES string of the molecule is OC1(c2ccncc2)C2CCCC21. The van der Waals surface area contributed by atoms with E-state index in [4.69, 9.17) is 0 Å². The molecular weight excluding hydrogens is 162 g/mol. The molecule has 13 heavy (non-hydrogen) atoms. The molecule has 0 spiro atoms. The van der Waals surface area contributed by atoms with Crippen LogP contribution in [-0.4, -0.2) is 10.1 Å². The van der Waals surface area contributed by atoms with Crippen LogP contribution in [0.1, 0.15) is 24.8 Å². The zero-order chi connectivity index (χ0) is 8.89. The molecule has 0 amide bonds. The normalized spacial score (nSPS) is 41.6. The van der Waals surface area contributed by atoms with Crippen LogP contribution in [0.4, 0.5) is 0 Å². The number of fused-ring (bicyclic) bond motifs is 1. The largest absolute Gasteiger partial charge is 0.385 e. The van der Waals surface area contributed by atoms with Crippen LogP contribution in [0, 0.1) is 11.8 Å². The van der Waals surface area contributed by atoms with Crippen LogP contribution in [0.3, 0.4) is 0 Å². The second-order valence-electron chi connectivity index (χ2n) is 4.21. The molecule has 3 rings (SSSR count). The van der Waals surface area contributed by atoms with Gasteiger partial charge in [-0.3, -0.25) is 4.98 Å². The Morgan fingerprint density at radius 1 is 1.23 bits per heavy atom. The van der Waals surface area contributed by atoms with Crippen LogP contribution in [0.15, 0.2) is 24.5 Å². The molecule has 1 heterocycles. The smallest absolute Gasteiger partial charge is 0.0961 e. The molecule has 2 aliphatic carbocycles. The fourth-order valence-electron chi connectivity index (χ4n) is 2.97. The van der Waals surface area contributed by atoms with Gasteiger partial charge in [0.2, 0.25) is 0 Å². The molecule has 1 aromatic rings. The first-order valence-electron chi connectivity index (χ1n) is 4.96. The van der Waals surface area contributed by atoms with E-state index in [-0.39, 0.29) is 0 Å². The Hall–Kier alpha value is -0.890. The van der Waals surface area contributed by atoms with E-state index in [9.17, 15) is 5.11 Å². The monoisotopic (exact) mass is 175 g/mol. The molecule has 2 unspecified atom stereocenters. The van der Waals surface area contributed by atoms with Crippen molar-refractivity contribution in [2.45, 2.75) is 24.9 Å². The summed E-state index contributed by atoms with van der Waals surface area (Å²) in [7, 11) is 0. The molecule has 0 radical (unpaired) electrons. The van der Waals surface area contributed by atoms with Gasteiger partial charge in [0.25, 0.3) is 0 Å². The maximum Gasteiger partial charge on any atom is 0.0961 e. The summed E-state index contributed by atoms with van der Waals surface area (Å²) in [5.41, 5.74) is 0.582. The number of aromatic nitrogens is 1. The van der Waals surface area contributed by atoms with Gasteiger partial charge in [-0.1, -0.05) is 6.42 Å². The summed E-state index contributed by atoms with van der Waals surface area (Å²) >= 11 is 0. The van der Waals surface area contributed by atoms with Crippen molar-refractivity contribution in [1.29, 1.82) is 0 Å².